The molecule has 6 N–H and O–H groups in total. The Morgan fingerprint density at radius 3 is 1.36 bits per heavy atom. The van der Waals surface area contributed by atoms with E-state index in [2.05, 4.69) is 25.3 Å². The molecule has 72 valence electrons. The van der Waals surface area contributed by atoms with E-state index in [1.54, 1.807) is 0 Å². The molecule has 0 unspecified atom stereocenters. The monoisotopic (exact) mass is 202 g/mol. The van der Waals surface area contributed by atoms with Crippen LogP contribution in [-0.4, -0.2) is 13.1 Å². The Morgan fingerprint density at radius 1 is 0.909 bits per heavy atom. The van der Waals surface area contributed by atoms with Crippen molar-refractivity contribution in [1.29, 1.82) is 0 Å². The van der Waals surface area contributed by atoms with Crippen LogP contribution in [0.4, 0.5) is 0 Å². The molecule has 0 aliphatic carbocycles. The largest absolute Gasteiger partial charge is 1.00 e. The first-order chi connectivity index (χ1) is 4.12. The zero-order valence-corrected chi connectivity index (χ0v) is 9.01. The first kappa shape index (κ1) is 17.5. The van der Waals surface area contributed by atoms with Crippen molar-refractivity contribution in [1.82, 2.24) is 0 Å². The lowest BCUT2D eigenvalue weighted by atomic mass is 9.86. The zero-order valence-electron chi connectivity index (χ0n) is 7.50. The maximum absolute atomic E-state index is 3.83. The van der Waals surface area contributed by atoms with Gasteiger partial charge >= 0.3 is 0 Å². The molecule has 0 aliphatic heterocycles. The highest BCUT2D eigenvalue weighted by Gasteiger charge is 2.16. The lowest BCUT2D eigenvalue weighted by Crippen LogP contribution is -3.00. The molecule has 0 saturated carbocycles. The van der Waals surface area contributed by atoms with Gasteiger partial charge in [-0.2, -0.15) is 0 Å². The molecule has 0 aliphatic rings. The van der Waals surface area contributed by atoms with E-state index >= 15 is 0 Å². The lowest BCUT2D eigenvalue weighted by Gasteiger charge is -2.19. The van der Waals surface area contributed by atoms with E-state index in [1.165, 1.54) is 12.8 Å². The Labute approximate surface area is 81.9 Å². The molecule has 0 aromatic carbocycles. The summed E-state index contributed by atoms with van der Waals surface area (Å²) in [4.78, 5) is 0. The summed E-state index contributed by atoms with van der Waals surface area (Å²) in [6.45, 7) is 6.66. The second kappa shape index (κ2) is 8.60. The molecule has 0 aromatic heterocycles. The van der Waals surface area contributed by atoms with Crippen molar-refractivity contribution in [3.63, 3.8) is 0 Å². The summed E-state index contributed by atoms with van der Waals surface area (Å²) in [7, 11) is 0. The summed E-state index contributed by atoms with van der Waals surface area (Å²) < 4.78 is 0. The van der Waals surface area contributed by atoms with Gasteiger partial charge in [-0.25, -0.2) is 0 Å². The van der Waals surface area contributed by atoms with Crippen molar-refractivity contribution >= 4 is 0 Å². The number of hydrogen-bond acceptors (Lipinski definition) is 0. The molecule has 0 fully saturated rings. The lowest BCUT2D eigenvalue weighted by molar-refractivity contribution is -0.381. The first-order valence-corrected chi connectivity index (χ1v) is 3.71. The van der Waals surface area contributed by atoms with E-state index in [0.717, 1.165) is 13.1 Å². The molecule has 0 aromatic rings. The second-order valence-corrected chi connectivity index (χ2v) is 3.37. The highest BCUT2D eigenvalue weighted by atomic mass is 35.5. The Bertz CT molecular complexity index is 68.8. The van der Waals surface area contributed by atoms with Crippen molar-refractivity contribution in [3.05, 3.63) is 0 Å². The molecule has 0 spiro atoms. The second-order valence-electron chi connectivity index (χ2n) is 3.37. The van der Waals surface area contributed by atoms with Crippen LogP contribution in [0.25, 0.3) is 0 Å². The molecule has 2 nitrogen and oxygen atoms in total. The maximum Gasteiger partial charge on any atom is 0.0745 e. The topological polar surface area (TPSA) is 55.3 Å². The molecule has 0 amide bonds. The summed E-state index contributed by atoms with van der Waals surface area (Å²) >= 11 is 0. The molecular formula is C7H20Cl2N2. The van der Waals surface area contributed by atoms with E-state index in [9.17, 15) is 0 Å². The summed E-state index contributed by atoms with van der Waals surface area (Å²) in [5.41, 5.74) is 8.14. The van der Waals surface area contributed by atoms with Gasteiger partial charge < -0.3 is 36.3 Å². The van der Waals surface area contributed by atoms with Gasteiger partial charge in [0.1, 0.15) is 0 Å². The minimum absolute atomic E-state index is 0. The van der Waals surface area contributed by atoms with E-state index < -0.39 is 0 Å². The molecule has 0 bridgehead atoms. The van der Waals surface area contributed by atoms with Crippen molar-refractivity contribution < 1.29 is 36.3 Å². The Morgan fingerprint density at radius 2 is 1.18 bits per heavy atom. The van der Waals surface area contributed by atoms with Crippen LogP contribution in [0.1, 0.15) is 26.7 Å². The van der Waals surface area contributed by atoms with E-state index in [1.807, 2.05) is 0 Å². The number of quaternary nitrogens is 2. The number of halogens is 2. The average Bonchev–Trinajstić information content (AvgIpc) is 1.64. The minimum atomic E-state index is 0. The van der Waals surface area contributed by atoms with Crippen LogP contribution < -0.4 is 36.3 Å². The molecule has 0 heterocycles. The fraction of sp³-hybridized carbons (Fsp3) is 1.00. The van der Waals surface area contributed by atoms with Crippen LogP contribution in [0, 0.1) is 5.41 Å². The summed E-state index contributed by atoms with van der Waals surface area (Å²) in [6, 6.07) is 0. The Hall–Kier alpha value is 0.500. The van der Waals surface area contributed by atoms with Crippen LogP contribution in [-0.2, 0) is 0 Å². The van der Waals surface area contributed by atoms with Gasteiger partial charge in [0.2, 0.25) is 0 Å². The minimum Gasteiger partial charge on any atom is -1.00 e. The Kier molecular flexibility index (Phi) is 13.7. The predicted octanol–water partition coefficient (Wildman–Crippen LogP) is -6.72. The highest BCUT2D eigenvalue weighted by molar-refractivity contribution is 4.65. The average molecular weight is 203 g/mol. The van der Waals surface area contributed by atoms with Gasteiger partial charge in [-0.05, 0) is 5.41 Å². The number of rotatable bonds is 4. The van der Waals surface area contributed by atoms with Crippen LogP contribution in [0.15, 0.2) is 0 Å². The van der Waals surface area contributed by atoms with Crippen LogP contribution in [0.2, 0.25) is 0 Å². The SMILES string of the molecule is CC(C)(CC[NH3+])CC[NH3+].[Cl-].[Cl-]. The van der Waals surface area contributed by atoms with Gasteiger partial charge in [0.05, 0.1) is 13.1 Å². The fourth-order valence-electron chi connectivity index (χ4n) is 1.08. The summed E-state index contributed by atoms with van der Waals surface area (Å²) in [6.07, 6.45) is 2.45. The third kappa shape index (κ3) is 10.5. The molecule has 4 heteroatoms. The third-order valence-electron chi connectivity index (χ3n) is 1.71. The normalized spacial score (nSPS) is 9.82. The van der Waals surface area contributed by atoms with Gasteiger partial charge in [0.25, 0.3) is 0 Å². The molecule has 0 radical (unpaired) electrons. The van der Waals surface area contributed by atoms with Gasteiger partial charge in [-0.15, -0.1) is 0 Å². The highest BCUT2D eigenvalue weighted by Crippen LogP contribution is 2.21. The van der Waals surface area contributed by atoms with Crippen molar-refractivity contribution in [2.75, 3.05) is 13.1 Å². The zero-order chi connectivity index (χ0) is 7.33. The van der Waals surface area contributed by atoms with Crippen LogP contribution in [0.3, 0.4) is 0 Å². The first-order valence-electron chi connectivity index (χ1n) is 3.71. The number of hydrogen-bond donors (Lipinski definition) is 2. The van der Waals surface area contributed by atoms with Crippen LogP contribution >= 0.6 is 0 Å². The van der Waals surface area contributed by atoms with Gasteiger partial charge in [0.15, 0.2) is 0 Å². The molecule has 0 atom stereocenters. The van der Waals surface area contributed by atoms with Gasteiger partial charge in [-0.1, -0.05) is 13.8 Å². The van der Waals surface area contributed by atoms with Crippen molar-refractivity contribution in [2.45, 2.75) is 26.7 Å². The van der Waals surface area contributed by atoms with E-state index in [4.69, 9.17) is 0 Å². The molecule has 0 saturated heterocycles. The summed E-state index contributed by atoms with van der Waals surface area (Å²) in [5, 5.41) is 0. The molecule has 0 rings (SSSR count). The van der Waals surface area contributed by atoms with Crippen LogP contribution in [0.5, 0.6) is 0 Å². The molecule has 11 heavy (non-hydrogen) atoms. The smallest absolute Gasteiger partial charge is 0.0745 e. The summed E-state index contributed by atoms with van der Waals surface area (Å²) in [5.74, 6) is 0. The quantitative estimate of drug-likeness (QED) is 0.456. The predicted molar refractivity (Wildman–Crippen MR) is 38.5 cm³/mol. The standard InChI is InChI=1S/C7H18N2.2ClH/c1-7(2,3-5-8)4-6-9;;/h3-6,8-9H2,1-2H3;2*1H. The Balaban J connectivity index is -0.000000320. The van der Waals surface area contributed by atoms with Gasteiger partial charge in [-0.3, -0.25) is 0 Å². The van der Waals surface area contributed by atoms with E-state index in [-0.39, 0.29) is 24.8 Å². The van der Waals surface area contributed by atoms with E-state index in [0.29, 0.717) is 5.41 Å². The van der Waals surface area contributed by atoms with Crippen molar-refractivity contribution in [2.24, 2.45) is 5.41 Å². The van der Waals surface area contributed by atoms with Crippen molar-refractivity contribution in [3.8, 4) is 0 Å². The third-order valence-corrected chi connectivity index (χ3v) is 1.71. The fourth-order valence-corrected chi connectivity index (χ4v) is 1.08. The van der Waals surface area contributed by atoms with Gasteiger partial charge in [0, 0.05) is 12.8 Å². The molecular weight excluding hydrogens is 183 g/mol. The maximum atomic E-state index is 3.83.